The topological polar surface area (TPSA) is 23.6 Å². The van der Waals surface area contributed by atoms with Crippen molar-refractivity contribution < 1.29 is 13.6 Å². The van der Waals surface area contributed by atoms with E-state index in [1.807, 2.05) is 0 Å². The fourth-order valence-corrected chi connectivity index (χ4v) is 5.54. The van der Waals surface area contributed by atoms with Gasteiger partial charge in [0.25, 0.3) is 0 Å². The average molecular weight is 441 g/mol. The van der Waals surface area contributed by atoms with E-state index < -0.39 is 11.6 Å². The predicted octanol–water partition coefficient (Wildman–Crippen LogP) is 5.67. The number of aryl methyl sites for hydroxylation is 1. The minimum absolute atomic E-state index is 0.165. The quantitative estimate of drug-likeness (QED) is 0.578. The van der Waals surface area contributed by atoms with Gasteiger partial charge in [-0.15, -0.1) is 0 Å². The molecule has 2 aromatic rings. The van der Waals surface area contributed by atoms with E-state index in [9.17, 15) is 13.6 Å². The molecule has 172 valence electrons. The van der Waals surface area contributed by atoms with Crippen molar-refractivity contribution in [2.24, 2.45) is 5.92 Å². The van der Waals surface area contributed by atoms with Gasteiger partial charge in [0.15, 0.2) is 11.6 Å². The number of halogens is 2. The molecule has 2 aliphatic rings. The Morgan fingerprint density at radius 1 is 1.00 bits per heavy atom. The molecule has 3 nitrogen and oxygen atoms in total. The number of carbonyl (C=O) groups excluding carboxylic acids is 1. The fraction of sp³-hybridized carbons (Fsp3) is 0.519. The summed E-state index contributed by atoms with van der Waals surface area (Å²) in [6.45, 7) is 6.82. The van der Waals surface area contributed by atoms with Crippen molar-refractivity contribution >= 4 is 5.91 Å². The SMILES string of the molecule is CC(=O)N(C[C@@H]1CN(Cc2ccc(F)c(F)c2)C[C@H]1c1ccc(C)cc1)C1CCCCC1. The zero-order chi connectivity index (χ0) is 22.7. The van der Waals surface area contributed by atoms with Gasteiger partial charge < -0.3 is 4.90 Å². The van der Waals surface area contributed by atoms with Crippen molar-refractivity contribution in [2.75, 3.05) is 19.6 Å². The van der Waals surface area contributed by atoms with E-state index in [1.165, 1.54) is 42.5 Å². The molecule has 5 heteroatoms. The van der Waals surface area contributed by atoms with Crippen LogP contribution in [-0.2, 0) is 11.3 Å². The van der Waals surface area contributed by atoms with Crippen molar-refractivity contribution in [3.63, 3.8) is 0 Å². The zero-order valence-corrected chi connectivity index (χ0v) is 19.2. The molecule has 4 rings (SSSR count). The van der Waals surface area contributed by atoms with Crippen molar-refractivity contribution in [3.05, 3.63) is 70.8 Å². The van der Waals surface area contributed by atoms with Crippen LogP contribution in [0.1, 0.15) is 61.6 Å². The zero-order valence-electron chi connectivity index (χ0n) is 19.2. The molecule has 0 unspecified atom stereocenters. The maximum Gasteiger partial charge on any atom is 0.219 e. The highest BCUT2D eigenvalue weighted by molar-refractivity contribution is 5.73. The van der Waals surface area contributed by atoms with Crippen molar-refractivity contribution in [3.8, 4) is 0 Å². The number of hydrogen-bond donors (Lipinski definition) is 0. The molecule has 1 saturated carbocycles. The number of nitrogens with zero attached hydrogens (tertiary/aromatic N) is 2. The molecule has 0 radical (unpaired) electrons. The molecule has 0 aromatic heterocycles. The van der Waals surface area contributed by atoms with Gasteiger partial charge >= 0.3 is 0 Å². The molecule has 1 amide bonds. The highest BCUT2D eigenvalue weighted by atomic mass is 19.2. The maximum atomic E-state index is 13.7. The number of likely N-dealkylation sites (tertiary alicyclic amines) is 1. The number of amides is 1. The van der Waals surface area contributed by atoms with Gasteiger partial charge in [0.1, 0.15) is 0 Å². The second kappa shape index (κ2) is 10.1. The molecule has 32 heavy (non-hydrogen) atoms. The summed E-state index contributed by atoms with van der Waals surface area (Å²) in [5.41, 5.74) is 3.30. The first-order valence-corrected chi connectivity index (χ1v) is 11.9. The Bertz CT molecular complexity index is 924. The molecular formula is C27H34F2N2O. The third-order valence-corrected chi connectivity index (χ3v) is 7.26. The molecule has 1 heterocycles. The van der Waals surface area contributed by atoms with E-state index in [1.54, 1.807) is 13.0 Å². The van der Waals surface area contributed by atoms with E-state index in [0.717, 1.165) is 38.0 Å². The summed E-state index contributed by atoms with van der Waals surface area (Å²) >= 11 is 0. The Kier molecular flexibility index (Phi) is 7.24. The van der Waals surface area contributed by atoms with Crippen LogP contribution in [0.4, 0.5) is 8.78 Å². The predicted molar refractivity (Wildman–Crippen MR) is 123 cm³/mol. The van der Waals surface area contributed by atoms with Gasteiger partial charge in [-0.25, -0.2) is 8.78 Å². The number of benzene rings is 2. The molecule has 0 spiro atoms. The minimum atomic E-state index is -0.810. The third kappa shape index (κ3) is 5.37. The summed E-state index contributed by atoms with van der Waals surface area (Å²) in [5.74, 6) is -0.817. The first-order valence-electron chi connectivity index (χ1n) is 11.9. The number of carbonyl (C=O) groups is 1. The monoisotopic (exact) mass is 440 g/mol. The van der Waals surface area contributed by atoms with Crippen molar-refractivity contribution in [1.82, 2.24) is 9.80 Å². The summed E-state index contributed by atoms with van der Waals surface area (Å²) in [6.07, 6.45) is 5.85. The summed E-state index contributed by atoms with van der Waals surface area (Å²) in [6, 6.07) is 13.2. The van der Waals surface area contributed by atoms with E-state index in [0.29, 0.717) is 24.4 Å². The Morgan fingerprint density at radius 3 is 2.38 bits per heavy atom. The fourth-order valence-electron chi connectivity index (χ4n) is 5.54. The van der Waals surface area contributed by atoms with E-state index in [-0.39, 0.29) is 5.91 Å². The lowest BCUT2D eigenvalue weighted by Gasteiger charge is -2.36. The van der Waals surface area contributed by atoms with Gasteiger partial charge in [-0.3, -0.25) is 9.69 Å². The van der Waals surface area contributed by atoms with Gasteiger partial charge in [-0.05, 0) is 48.9 Å². The summed E-state index contributed by atoms with van der Waals surface area (Å²) in [7, 11) is 0. The summed E-state index contributed by atoms with van der Waals surface area (Å²) in [4.78, 5) is 17.0. The van der Waals surface area contributed by atoms with Crippen LogP contribution in [0.15, 0.2) is 42.5 Å². The Hall–Kier alpha value is -2.27. The van der Waals surface area contributed by atoms with E-state index >= 15 is 0 Å². The highest BCUT2D eigenvalue weighted by Gasteiger charge is 2.37. The average Bonchev–Trinajstić information content (AvgIpc) is 3.17. The second-order valence-electron chi connectivity index (χ2n) is 9.68. The molecule has 2 fully saturated rings. The molecule has 1 aliphatic carbocycles. The summed E-state index contributed by atoms with van der Waals surface area (Å²) < 4.78 is 27.1. The van der Waals surface area contributed by atoms with Gasteiger partial charge in [-0.1, -0.05) is 55.2 Å². The van der Waals surface area contributed by atoms with E-state index in [4.69, 9.17) is 0 Å². The Morgan fingerprint density at radius 2 is 1.72 bits per heavy atom. The normalized spacial score (nSPS) is 22.2. The van der Waals surface area contributed by atoms with Crippen LogP contribution >= 0.6 is 0 Å². The first-order chi connectivity index (χ1) is 15.4. The lowest BCUT2D eigenvalue weighted by molar-refractivity contribution is -0.132. The number of rotatable bonds is 6. The van der Waals surface area contributed by atoms with Crippen LogP contribution in [0.2, 0.25) is 0 Å². The molecule has 0 N–H and O–H groups in total. The standard InChI is InChI=1S/C27H34F2N2O/c1-19-8-11-22(12-9-19)25-18-30(15-21-10-13-26(28)27(29)14-21)16-23(25)17-31(20(2)32)24-6-4-3-5-7-24/h8-14,23-25H,3-7,15-18H2,1-2H3/t23-,25-/m0/s1. The van der Waals surface area contributed by atoms with Crippen LogP contribution in [0.5, 0.6) is 0 Å². The molecule has 2 atom stereocenters. The van der Waals surface area contributed by atoms with Crippen LogP contribution in [0.3, 0.4) is 0 Å². The van der Waals surface area contributed by atoms with Crippen LogP contribution in [-0.4, -0.2) is 41.4 Å². The maximum absolute atomic E-state index is 13.7. The van der Waals surface area contributed by atoms with Gasteiger partial charge in [-0.2, -0.15) is 0 Å². The van der Waals surface area contributed by atoms with Crippen molar-refractivity contribution in [2.45, 2.75) is 64.5 Å². The Labute approximate surface area is 190 Å². The van der Waals surface area contributed by atoms with Crippen molar-refractivity contribution in [1.29, 1.82) is 0 Å². The highest BCUT2D eigenvalue weighted by Crippen LogP contribution is 2.36. The van der Waals surface area contributed by atoms with Crippen LogP contribution in [0, 0.1) is 24.5 Å². The van der Waals surface area contributed by atoms with Gasteiger partial charge in [0.2, 0.25) is 5.91 Å². The van der Waals surface area contributed by atoms with Crippen LogP contribution in [0.25, 0.3) is 0 Å². The molecule has 1 saturated heterocycles. The summed E-state index contributed by atoms with van der Waals surface area (Å²) in [5, 5.41) is 0. The minimum Gasteiger partial charge on any atom is -0.340 e. The van der Waals surface area contributed by atoms with E-state index in [2.05, 4.69) is 41.0 Å². The number of hydrogen-bond acceptors (Lipinski definition) is 2. The molecule has 1 aliphatic heterocycles. The third-order valence-electron chi connectivity index (χ3n) is 7.26. The largest absolute Gasteiger partial charge is 0.340 e. The lowest BCUT2D eigenvalue weighted by atomic mass is 9.87. The second-order valence-corrected chi connectivity index (χ2v) is 9.68. The molecular weight excluding hydrogens is 406 g/mol. The lowest BCUT2D eigenvalue weighted by Crippen LogP contribution is -2.44. The van der Waals surface area contributed by atoms with Gasteiger partial charge in [0, 0.05) is 45.1 Å². The first kappa shape index (κ1) is 22.9. The molecule has 0 bridgehead atoms. The molecule has 2 aromatic carbocycles. The smallest absolute Gasteiger partial charge is 0.219 e. The van der Waals surface area contributed by atoms with Gasteiger partial charge in [0.05, 0.1) is 0 Å². The van der Waals surface area contributed by atoms with Crippen LogP contribution < -0.4 is 0 Å². The Balaban J connectivity index is 1.54.